The number of anilines is 1. The van der Waals surface area contributed by atoms with Crippen LogP contribution in [0.4, 0.5) is 5.95 Å². The highest BCUT2D eigenvalue weighted by Gasteiger charge is 2.26. The van der Waals surface area contributed by atoms with Crippen molar-refractivity contribution in [2.24, 2.45) is 22.6 Å². The molecule has 2 unspecified atom stereocenters. The maximum Gasteiger partial charge on any atom is 0.227 e. The number of fused-ring (bicyclic) bond motifs is 1. The number of nitrogens with one attached hydrogen (secondary N) is 1. The Hall–Kier alpha value is -2.66. The molecule has 0 radical (unpaired) electrons. The molecule has 32 heavy (non-hydrogen) atoms. The number of hydrogen-bond donors (Lipinski definition) is 2. The van der Waals surface area contributed by atoms with Gasteiger partial charge in [-0.05, 0) is 55.6 Å². The minimum absolute atomic E-state index is 0.611. The highest BCUT2D eigenvalue weighted by molar-refractivity contribution is 6.40. The first-order valence-electron chi connectivity index (χ1n) is 11.5. The molecule has 1 aromatic heterocycles. The van der Waals surface area contributed by atoms with E-state index in [1.54, 1.807) is 7.05 Å². The number of nitrogens with two attached hydrogens (primary N) is 1. The Morgan fingerprint density at radius 3 is 2.81 bits per heavy atom. The Morgan fingerprint density at radius 1 is 1.25 bits per heavy atom. The van der Waals surface area contributed by atoms with Crippen molar-refractivity contribution >= 4 is 28.8 Å². The fraction of sp³-hybridized carbons (Fsp3) is 0.423. The van der Waals surface area contributed by atoms with Crippen LogP contribution in [0.5, 0.6) is 0 Å². The summed E-state index contributed by atoms with van der Waals surface area (Å²) in [6, 6.07) is 7.73. The van der Waals surface area contributed by atoms with Gasteiger partial charge in [0.05, 0.1) is 11.4 Å². The van der Waals surface area contributed by atoms with Crippen LogP contribution in [0.25, 0.3) is 5.57 Å². The van der Waals surface area contributed by atoms with E-state index in [1.807, 2.05) is 30.5 Å². The molecule has 3 N–H and O–H groups in total. The summed E-state index contributed by atoms with van der Waals surface area (Å²) in [6.45, 7) is 4.64. The zero-order chi connectivity index (χ0) is 22.7. The fourth-order valence-corrected chi connectivity index (χ4v) is 5.00. The van der Waals surface area contributed by atoms with Gasteiger partial charge in [0, 0.05) is 40.8 Å². The minimum Gasteiger partial charge on any atom is -0.401 e. The molecule has 168 valence electrons. The van der Waals surface area contributed by atoms with Gasteiger partial charge in [-0.3, -0.25) is 4.99 Å². The zero-order valence-electron chi connectivity index (χ0n) is 19.2. The Balaban J connectivity index is 1.68. The second-order valence-corrected chi connectivity index (χ2v) is 9.20. The summed E-state index contributed by atoms with van der Waals surface area (Å²) in [6.07, 6.45) is 10.3. The molecular formula is C26H32ClN5. The molecule has 0 amide bonds. The average molecular weight is 450 g/mol. The van der Waals surface area contributed by atoms with Gasteiger partial charge in [-0.1, -0.05) is 56.1 Å². The summed E-state index contributed by atoms with van der Waals surface area (Å²) >= 11 is 6.51. The van der Waals surface area contributed by atoms with E-state index in [2.05, 4.69) is 35.2 Å². The molecule has 5 nitrogen and oxygen atoms in total. The first-order chi connectivity index (χ1) is 15.5. The van der Waals surface area contributed by atoms with E-state index in [0.717, 1.165) is 71.3 Å². The Labute approximate surface area is 195 Å². The van der Waals surface area contributed by atoms with E-state index in [-0.39, 0.29) is 0 Å². The summed E-state index contributed by atoms with van der Waals surface area (Å²) in [4.78, 5) is 14.1. The fourth-order valence-electron chi connectivity index (χ4n) is 4.77. The van der Waals surface area contributed by atoms with Crippen LogP contribution in [0.3, 0.4) is 0 Å². The van der Waals surface area contributed by atoms with Crippen LogP contribution in [0, 0.1) is 11.8 Å². The van der Waals surface area contributed by atoms with Gasteiger partial charge in [0.2, 0.25) is 5.95 Å². The van der Waals surface area contributed by atoms with Crippen molar-refractivity contribution < 1.29 is 0 Å². The molecule has 2 aliphatic carbocycles. The smallest absolute Gasteiger partial charge is 0.227 e. The lowest BCUT2D eigenvalue weighted by atomic mass is 9.87. The predicted octanol–water partition coefficient (Wildman–Crippen LogP) is 6.01. The first-order valence-corrected chi connectivity index (χ1v) is 11.9. The lowest BCUT2D eigenvalue weighted by molar-refractivity contribution is 0.339. The molecule has 0 bridgehead atoms. The number of aliphatic imine (C=N–C) groups is 1. The van der Waals surface area contributed by atoms with Gasteiger partial charge in [0.25, 0.3) is 0 Å². The monoisotopic (exact) mass is 449 g/mol. The number of aromatic nitrogens is 2. The molecule has 0 spiro atoms. The van der Waals surface area contributed by atoms with Gasteiger partial charge in [0.1, 0.15) is 0 Å². The van der Waals surface area contributed by atoms with Crippen molar-refractivity contribution in [2.45, 2.75) is 52.4 Å². The topological polar surface area (TPSA) is 76.2 Å². The summed E-state index contributed by atoms with van der Waals surface area (Å²) < 4.78 is 0. The zero-order valence-corrected chi connectivity index (χ0v) is 19.9. The van der Waals surface area contributed by atoms with E-state index in [9.17, 15) is 0 Å². The molecule has 0 fully saturated rings. The molecule has 1 aromatic carbocycles. The normalized spacial score (nSPS) is 21.6. The molecular weight excluding hydrogens is 418 g/mol. The van der Waals surface area contributed by atoms with Crippen molar-refractivity contribution in [2.75, 3.05) is 12.4 Å². The van der Waals surface area contributed by atoms with E-state index in [0.29, 0.717) is 11.0 Å². The van der Waals surface area contributed by atoms with Crippen LogP contribution in [-0.2, 0) is 6.42 Å². The number of hydrogen-bond acceptors (Lipinski definition) is 5. The average Bonchev–Trinajstić information content (AvgIpc) is 2.97. The Bertz CT molecular complexity index is 1090. The van der Waals surface area contributed by atoms with Crippen molar-refractivity contribution in [3.05, 3.63) is 69.8 Å². The molecule has 1 heterocycles. The van der Waals surface area contributed by atoms with Crippen LogP contribution in [0.15, 0.2) is 52.9 Å². The van der Waals surface area contributed by atoms with Gasteiger partial charge in [-0.25, -0.2) is 9.97 Å². The number of benzene rings is 1. The molecule has 4 rings (SSSR count). The SMILES string of the molecule is CCC1CC=C(Nc2ncc3c(n2)C(C(=NC)c2ccccc2Cl)=C(N)CC3)CCC1C. The maximum atomic E-state index is 6.52. The molecule has 2 aliphatic rings. The van der Waals surface area contributed by atoms with E-state index in [4.69, 9.17) is 22.3 Å². The highest BCUT2D eigenvalue weighted by Crippen LogP contribution is 2.34. The number of nitrogens with zero attached hydrogens (tertiary/aromatic N) is 3. The maximum absolute atomic E-state index is 6.52. The summed E-state index contributed by atoms with van der Waals surface area (Å²) in [5, 5.41) is 4.14. The van der Waals surface area contributed by atoms with Crippen LogP contribution < -0.4 is 11.1 Å². The van der Waals surface area contributed by atoms with E-state index < -0.39 is 0 Å². The Morgan fingerprint density at radius 2 is 2.06 bits per heavy atom. The van der Waals surface area contributed by atoms with Crippen LogP contribution >= 0.6 is 11.6 Å². The van der Waals surface area contributed by atoms with Gasteiger partial charge in [-0.15, -0.1) is 0 Å². The molecule has 6 heteroatoms. The number of allylic oxidation sites excluding steroid dienone is 4. The number of halogens is 1. The van der Waals surface area contributed by atoms with Gasteiger partial charge >= 0.3 is 0 Å². The quantitative estimate of drug-likeness (QED) is 0.548. The largest absolute Gasteiger partial charge is 0.401 e. The second-order valence-electron chi connectivity index (χ2n) is 8.79. The summed E-state index contributed by atoms with van der Waals surface area (Å²) in [7, 11) is 1.77. The third-order valence-corrected chi connectivity index (χ3v) is 7.14. The van der Waals surface area contributed by atoms with Crippen LogP contribution in [0.2, 0.25) is 5.02 Å². The molecule has 0 saturated heterocycles. The molecule has 0 saturated carbocycles. The van der Waals surface area contributed by atoms with Gasteiger partial charge < -0.3 is 11.1 Å². The summed E-state index contributed by atoms with van der Waals surface area (Å²) in [5.41, 5.74) is 12.9. The molecule has 0 aliphatic heterocycles. The van der Waals surface area contributed by atoms with Gasteiger partial charge in [0.15, 0.2) is 0 Å². The number of aryl methyl sites for hydroxylation is 1. The minimum atomic E-state index is 0.611. The van der Waals surface area contributed by atoms with Crippen LogP contribution in [-0.4, -0.2) is 22.7 Å². The number of rotatable bonds is 5. The molecule has 2 atom stereocenters. The van der Waals surface area contributed by atoms with Crippen molar-refractivity contribution in [3.63, 3.8) is 0 Å². The van der Waals surface area contributed by atoms with E-state index >= 15 is 0 Å². The van der Waals surface area contributed by atoms with Gasteiger partial charge in [-0.2, -0.15) is 0 Å². The lowest BCUT2D eigenvalue weighted by Gasteiger charge is -2.23. The van der Waals surface area contributed by atoms with Crippen molar-refractivity contribution in [1.29, 1.82) is 0 Å². The van der Waals surface area contributed by atoms with Crippen LogP contribution in [0.1, 0.15) is 62.8 Å². The first kappa shape index (κ1) is 22.5. The third kappa shape index (κ3) is 4.58. The van der Waals surface area contributed by atoms with Crippen molar-refractivity contribution in [1.82, 2.24) is 9.97 Å². The lowest BCUT2D eigenvalue weighted by Crippen LogP contribution is -2.20. The third-order valence-electron chi connectivity index (χ3n) is 6.81. The van der Waals surface area contributed by atoms with E-state index in [1.165, 1.54) is 18.5 Å². The van der Waals surface area contributed by atoms with Crippen molar-refractivity contribution in [3.8, 4) is 0 Å². The predicted molar refractivity (Wildman–Crippen MR) is 134 cm³/mol. The highest BCUT2D eigenvalue weighted by atomic mass is 35.5. The Kier molecular flexibility index (Phi) is 6.95. The summed E-state index contributed by atoms with van der Waals surface area (Å²) in [5.74, 6) is 2.08. The molecule has 2 aromatic rings. The second kappa shape index (κ2) is 9.86. The standard InChI is InChI=1S/C26H32ClN5/c1-4-17-10-13-19(12-9-16(17)2)31-26-30-15-18-11-14-22(28)23(24(18)32-26)25(29-3)20-7-5-6-8-21(20)27/h5-8,13,15-17H,4,9-12,14,28H2,1-3H3,(H,30,31,32).